The van der Waals surface area contributed by atoms with Crippen molar-refractivity contribution >= 4 is 11.6 Å². The van der Waals surface area contributed by atoms with E-state index in [2.05, 4.69) is 20.5 Å². The zero-order valence-electron chi connectivity index (χ0n) is 17.1. The van der Waals surface area contributed by atoms with Crippen LogP contribution in [-0.4, -0.2) is 25.7 Å². The zero-order valence-corrected chi connectivity index (χ0v) is 17.1. The first kappa shape index (κ1) is 20.1. The maximum atomic E-state index is 14.9. The molecule has 1 saturated carbocycles. The summed E-state index contributed by atoms with van der Waals surface area (Å²) < 4.78 is 31.1. The van der Waals surface area contributed by atoms with Gasteiger partial charge in [0, 0.05) is 24.3 Å². The fourth-order valence-corrected chi connectivity index (χ4v) is 3.51. The summed E-state index contributed by atoms with van der Waals surface area (Å²) in [7, 11) is 1.48. The molecule has 4 rings (SSSR count). The van der Waals surface area contributed by atoms with Crippen molar-refractivity contribution in [1.82, 2.24) is 19.7 Å². The molecule has 6 nitrogen and oxygen atoms in total. The highest BCUT2D eigenvalue weighted by Crippen LogP contribution is 2.42. The molecule has 0 saturated heterocycles. The molecule has 1 amide bonds. The lowest BCUT2D eigenvalue weighted by Crippen LogP contribution is -2.26. The van der Waals surface area contributed by atoms with Gasteiger partial charge in [-0.05, 0) is 49.1 Å². The third-order valence-electron chi connectivity index (χ3n) is 5.53. The summed E-state index contributed by atoms with van der Waals surface area (Å²) in [5.41, 5.74) is 3.19. The number of nitrogens with one attached hydrogen (secondary N) is 1. The number of pyridine rings is 1. The minimum absolute atomic E-state index is 0.324. The number of alkyl halides is 2. The maximum Gasteiger partial charge on any atom is 0.313 e. The Hall–Kier alpha value is -3.16. The molecule has 2 heterocycles. The van der Waals surface area contributed by atoms with Crippen LogP contribution in [-0.2, 0) is 13.0 Å². The molecule has 30 heavy (non-hydrogen) atoms. The first-order chi connectivity index (χ1) is 14.3. The van der Waals surface area contributed by atoms with Crippen LogP contribution in [0.5, 0.6) is 0 Å². The lowest BCUT2D eigenvalue weighted by molar-refractivity contribution is -0.0401. The quantitative estimate of drug-likeness (QED) is 0.646. The van der Waals surface area contributed by atoms with E-state index >= 15 is 0 Å². The lowest BCUT2D eigenvalue weighted by Gasteiger charge is -2.23. The molecule has 1 aliphatic carbocycles. The Labute approximate surface area is 173 Å². The zero-order chi connectivity index (χ0) is 21.5. The van der Waals surface area contributed by atoms with Crippen LogP contribution in [0, 0.1) is 6.92 Å². The minimum Gasteiger partial charge on any atom is -0.321 e. The Kier molecular flexibility index (Phi) is 5.09. The Morgan fingerprint density at radius 2 is 2.03 bits per heavy atom. The minimum atomic E-state index is -3.22. The molecular weight excluding hydrogens is 388 g/mol. The van der Waals surface area contributed by atoms with Crippen LogP contribution < -0.4 is 5.32 Å². The SMILES string of the molecule is Cc1ccc(C(=O)Nc2cccc(C(C)C(F)(F)c3nncn3C)c2)nc1C1CC1. The molecule has 0 bridgehead atoms. The largest absolute Gasteiger partial charge is 0.321 e. The number of amides is 1. The molecule has 1 N–H and O–H groups in total. The van der Waals surface area contributed by atoms with Gasteiger partial charge in [-0.25, -0.2) is 4.98 Å². The molecule has 0 radical (unpaired) electrons. The normalized spacial score (nSPS) is 15.1. The van der Waals surface area contributed by atoms with E-state index in [9.17, 15) is 13.6 Å². The first-order valence-electron chi connectivity index (χ1n) is 9.88. The summed E-state index contributed by atoms with van der Waals surface area (Å²) in [6.07, 6.45) is 3.44. The van der Waals surface area contributed by atoms with Gasteiger partial charge >= 0.3 is 5.92 Å². The van der Waals surface area contributed by atoms with Gasteiger partial charge in [0.05, 0.1) is 5.92 Å². The number of carbonyl (C=O) groups is 1. The second-order valence-electron chi connectivity index (χ2n) is 7.86. The number of aromatic nitrogens is 4. The molecule has 1 aromatic carbocycles. The number of anilines is 1. The maximum absolute atomic E-state index is 14.9. The van der Waals surface area contributed by atoms with Gasteiger partial charge in [-0.3, -0.25) is 4.79 Å². The summed E-state index contributed by atoms with van der Waals surface area (Å²) in [6, 6.07) is 10.1. The summed E-state index contributed by atoms with van der Waals surface area (Å²) >= 11 is 0. The molecule has 3 aromatic rings. The average molecular weight is 411 g/mol. The summed E-state index contributed by atoms with van der Waals surface area (Å²) in [5, 5.41) is 9.90. The van der Waals surface area contributed by atoms with Gasteiger partial charge in [-0.2, -0.15) is 8.78 Å². The molecule has 1 aliphatic rings. The van der Waals surface area contributed by atoms with Crippen LogP contribution in [0.15, 0.2) is 42.7 Å². The second-order valence-corrected chi connectivity index (χ2v) is 7.86. The highest BCUT2D eigenvalue weighted by Gasteiger charge is 2.43. The van der Waals surface area contributed by atoms with E-state index in [1.54, 1.807) is 30.3 Å². The van der Waals surface area contributed by atoms with Crippen molar-refractivity contribution in [3.05, 3.63) is 71.1 Å². The Bertz CT molecular complexity index is 1090. The van der Waals surface area contributed by atoms with Gasteiger partial charge in [0.25, 0.3) is 5.91 Å². The van der Waals surface area contributed by atoms with E-state index in [1.165, 1.54) is 24.9 Å². The Balaban J connectivity index is 1.54. The van der Waals surface area contributed by atoms with Crippen molar-refractivity contribution in [3.63, 3.8) is 0 Å². The number of carbonyl (C=O) groups excluding carboxylic acids is 1. The fraction of sp³-hybridized carbons (Fsp3) is 0.364. The van der Waals surface area contributed by atoms with Crippen LogP contribution in [0.4, 0.5) is 14.5 Å². The highest BCUT2D eigenvalue weighted by atomic mass is 19.3. The fourth-order valence-electron chi connectivity index (χ4n) is 3.51. The van der Waals surface area contributed by atoms with E-state index in [0.29, 0.717) is 22.9 Å². The number of hydrogen-bond donors (Lipinski definition) is 1. The van der Waals surface area contributed by atoms with Crippen LogP contribution in [0.3, 0.4) is 0 Å². The van der Waals surface area contributed by atoms with Gasteiger partial charge < -0.3 is 9.88 Å². The topological polar surface area (TPSA) is 72.7 Å². The molecular formula is C22H23F2N5O. The lowest BCUT2D eigenvalue weighted by atomic mass is 9.93. The van der Waals surface area contributed by atoms with Gasteiger partial charge in [-0.15, -0.1) is 10.2 Å². The monoisotopic (exact) mass is 411 g/mol. The standard InChI is InChI=1S/C22H23F2N5O/c1-13-7-10-18(27-19(13)15-8-9-15)20(30)26-17-6-4-5-16(11-17)14(2)22(23,24)21-28-25-12-29(21)3/h4-7,10-12,14-15H,8-9H2,1-3H3,(H,26,30). The van der Waals surface area contributed by atoms with Crippen molar-refractivity contribution in [2.75, 3.05) is 5.32 Å². The van der Waals surface area contributed by atoms with Crippen molar-refractivity contribution in [3.8, 4) is 0 Å². The Morgan fingerprint density at radius 3 is 2.70 bits per heavy atom. The molecule has 1 fully saturated rings. The molecule has 1 unspecified atom stereocenters. The van der Waals surface area contributed by atoms with E-state index in [0.717, 1.165) is 24.1 Å². The molecule has 1 atom stereocenters. The van der Waals surface area contributed by atoms with Gasteiger partial charge in [0.2, 0.25) is 5.82 Å². The summed E-state index contributed by atoms with van der Waals surface area (Å²) in [6.45, 7) is 3.42. The van der Waals surface area contributed by atoms with E-state index < -0.39 is 17.7 Å². The summed E-state index contributed by atoms with van der Waals surface area (Å²) in [5.74, 6) is -4.70. The van der Waals surface area contributed by atoms with Crippen LogP contribution in [0.25, 0.3) is 0 Å². The van der Waals surface area contributed by atoms with Crippen molar-refractivity contribution in [1.29, 1.82) is 0 Å². The van der Waals surface area contributed by atoms with E-state index in [1.807, 2.05) is 13.0 Å². The number of benzene rings is 1. The van der Waals surface area contributed by atoms with Crippen LogP contribution >= 0.6 is 0 Å². The van der Waals surface area contributed by atoms with Crippen molar-refractivity contribution in [2.24, 2.45) is 7.05 Å². The van der Waals surface area contributed by atoms with Crippen LogP contribution in [0.2, 0.25) is 0 Å². The van der Waals surface area contributed by atoms with Gasteiger partial charge in [0.15, 0.2) is 0 Å². The molecule has 0 aliphatic heterocycles. The van der Waals surface area contributed by atoms with Gasteiger partial charge in [0.1, 0.15) is 12.0 Å². The molecule has 156 valence electrons. The molecule has 8 heteroatoms. The highest BCUT2D eigenvalue weighted by molar-refractivity contribution is 6.03. The predicted molar refractivity (Wildman–Crippen MR) is 109 cm³/mol. The number of rotatable bonds is 6. The molecule has 0 spiro atoms. The third kappa shape index (κ3) is 3.81. The third-order valence-corrected chi connectivity index (χ3v) is 5.53. The van der Waals surface area contributed by atoms with Crippen LogP contribution in [0.1, 0.15) is 64.7 Å². The van der Waals surface area contributed by atoms with E-state index in [-0.39, 0.29) is 5.91 Å². The number of hydrogen-bond acceptors (Lipinski definition) is 4. The second kappa shape index (κ2) is 7.59. The van der Waals surface area contributed by atoms with Crippen molar-refractivity contribution in [2.45, 2.75) is 44.4 Å². The van der Waals surface area contributed by atoms with E-state index in [4.69, 9.17) is 0 Å². The predicted octanol–water partition coefficient (Wildman–Crippen LogP) is 4.54. The first-order valence-corrected chi connectivity index (χ1v) is 9.88. The smallest absolute Gasteiger partial charge is 0.313 e. The van der Waals surface area contributed by atoms with Gasteiger partial charge in [-0.1, -0.05) is 25.1 Å². The number of nitrogens with zero attached hydrogens (tertiary/aromatic N) is 4. The molecule has 2 aromatic heterocycles. The number of halogens is 2. The van der Waals surface area contributed by atoms with Crippen molar-refractivity contribution < 1.29 is 13.6 Å². The summed E-state index contributed by atoms with van der Waals surface area (Å²) in [4.78, 5) is 17.2. The number of aryl methyl sites for hydroxylation is 2. The Morgan fingerprint density at radius 1 is 1.27 bits per heavy atom. The average Bonchev–Trinajstić information content (AvgIpc) is 3.47.